The number of carbonyl (C=O) groups is 5. The van der Waals surface area contributed by atoms with Gasteiger partial charge in [-0.25, -0.2) is 4.79 Å². The Morgan fingerprint density at radius 3 is 2.02 bits per heavy atom. The molecule has 15 heteroatoms. The molecule has 0 radical (unpaired) electrons. The highest BCUT2D eigenvalue weighted by atomic mass is 16.9. The van der Waals surface area contributed by atoms with E-state index in [-0.39, 0.29) is 70.3 Å². The summed E-state index contributed by atoms with van der Waals surface area (Å²) < 4.78 is 62.8. The zero-order chi connectivity index (χ0) is 46.4. The Morgan fingerprint density at radius 1 is 0.677 bits per heavy atom. The fourth-order valence-electron chi connectivity index (χ4n) is 16.4. The highest BCUT2D eigenvalue weighted by molar-refractivity contribution is 5.89. The highest BCUT2D eigenvalue weighted by Gasteiger charge is 2.87. The third kappa shape index (κ3) is 6.46. The molecule has 19 atom stereocenters. The molecule has 0 unspecified atom stereocenters. The van der Waals surface area contributed by atoms with Gasteiger partial charge >= 0.3 is 29.8 Å². The lowest BCUT2D eigenvalue weighted by molar-refractivity contribution is -0.345. The molecule has 356 valence electrons. The second-order valence-corrected chi connectivity index (χ2v) is 22.4. The Balaban J connectivity index is 0.910. The lowest BCUT2D eigenvalue weighted by atomic mass is 9.41. The summed E-state index contributed by atoms with van der Waals surface area (Å²) in [5.74, 6) is -2.85. The summed E-state index contributed by atoms with van der Waals surface area (Å²) in [6.07, 6.45) is 0.234. The van der Waals surface area contributed by atoms with Crippen LogP contribution in [0.4, 0.5) is 0 Å². The molecule has 5 saturated carbocycles. The fourth-order valence-corrected chi connectivity index (χ4v) is 16.4. The Morgan fingerprint density at radius 2 is 1.34 bits per heavy atom. The van der Waals surface area contributed by atoms with Crippen LogP contribution in [0.25, 0.3) is 0 Å². The van der Waals surface area contributed by atoms with Crippen LogP contribution in [0, 0.1) is 50.7 Å². The molecule has 1 aromatic carbocycles. The number of benzene rings is 1. The van der Waals surface area contributed by atoms with Crippen LogP contribution in [0.3, 0.4) is 0 Å². The molecule has 0 bridgehead atoms. The first-order valence-electron chi connectivity index (χ1n) is 23.8. The molecule has 4 saturated heterocycles. The molecule has 4 heterocycles. The van der Waals surface area contributed by atoms with Crippen molar-refractivity contribution < 1.29 is 71.3 Å². The maximum absolute atomic E-state index is 13.3. The van der Waals surface area contributed by atoms with E-state index in [0.717, 1.165) is 38.5 Å². The third-order valence-corrected chi connectivity index (χ3v) is 18.8. The quantitative estimate of drug-likeness (QED) is 0.118. The molecule has 0 amide bonds. The Hall–Kier alpha value is -3.63. The molecule has 1 aromatic rings. The van der Waals surface area contributed by atoms with E-state index in [1.54, 1.807) is 24.3 Å². The molecule has 65 heavy (non-hydrogen) atoms. The van der Waals surface area contributed by atoms with Crippen LogP contribution < -0.4 is 0 Å². The topological polar surface area (TPSA) is 181 Å². The molecular formula is C50H66O15. The molecule has 9 fully saturated rings. The van der Waals surface area contributed by atoms with Crippen LogP contribution >= 0.6 is 0 Å². The van der Waals surface area contributed by atoms with Crippen molar-refractivity contribution in [2.75, 3.05) is 6.61 Å². The van der Waals surface area contributed by atoms with E-state index in [1.807, 2.05) is 13.0 Å². The number of ether oxygens (including phenoxy) is 10. The van der Waals surface area contributed by atoms with Crippen molar-refractivity contribution in [3.8, 4) is 0 Å². The van der Waals surface area contributed by atoms with E-state index in [1.165, 1.54) is 27.7 Å². The normalized spacial score (nSPS) is 49.3. The molecule has 4 aliphatic heterocycles. The van der Waals surface area contributed by atoms with Crippen LogP contribution in [-0.4, -0.2) is 103 Å². The molecule has 0 aromatic heterocycles. The van der Waals surface area contributed by atoms with Gasteiger partial charge in [-0.15, -0.1) is 0 Å². The lowest BCUT2D eigenvalue weighted by Gasteiger charge is -2.65. The van der Waals surface area contributed by atoms with E-state index >= 15 is 0 Å². The van der Waals surface area contributed by atoms with Crippen molar-refractivity contribution in [3.05, 3.63) is 35.9 Å². The number of hydrogen-bond donors (Lipinski definition) is 0. The Bertz CT molecular complexity index is 2150. The smallest absolute Gasteiger partial charge is 0.340 e. The van der Waals surface area contributed by atoms with Gasteiger partial charge in [-0.1, -0.05) is 52.8 Å². The number of epoxide rings is 1. The second kappa shape index (κ2) is 14.9. The maximum atomic E-state index is 13.3. The lowest BCUT2D eigenvalue weighted by Crippen LogP contribution is -2.64. The van der Waals surface area contributed by atoms with E-state index in [2.05, 4.69) is 34.6 Å². The summed E-state index contributed by atoms with van der Waals surface area (Å²) in [6, 6.07) is 8.89. The van der Waals surface area contributed by atoms with Crippen molar-refractivity contribution in [2.24, 2.45) is 50.7 Å². The fraction of sp³-hybridized carbons (Fsp3) is 0.780. The van der Waals surface area contributed by atoms with Crippen molar-refractivity contribution >= 4 is 29.8 Å². The Kier molecular flexibility index (Phi) is 10.4. The van der Waals surface area contributed by atoms with Gasteiger partial charge < -0.3 is 47.4 Å². The molecule has 0 N–H and O–H groups in total. The number of fused-ring (bicyclic) bond motifs is 6. The minimum atomic E-state index is -1.16. The largest absolute Gasteiger partial charge is 0.462 e. The summed E-state index contributed by atoms with van der Waals surface area (Å²) >= 11 is 0. The van der Waals surface area contributed by atoms with Crippen molar-refractivity contribution in [1.82, 2.24) is 0 Å². The highest BCUT2D eigenvalue weighted by Crippen LogP contribution is 2.89. The van der Waals surface area contributed by atoms with Crippen molar-refractivity contribution in [2.45, 2.75) is 187 Å². The van der Waals surface area contributed by atoms with Crippen molar-refractivity contribution in [1.29, 1.82) is 0 Å². The predicted molar refractivity (Wildman–Crippen MR) is 226 cm³/mol. The molecule has 10 rings (SSSR count). The first kappa shape index (κ1) is 45.2. The van der Waals surface area contributed by atoms with Crippen LogP contribution in [0.2, 0.25) is 0 Å². The van der Waals surface area contributed by atoms with Gasteiger partial charge in [0.1, 0.15) is 12.2 Å². The minimum Gasteiger partial charge on any atom is -0.462 e. The van der Waals surface area contributed by atoms with Crippen LogP contribution in [0.5, 0.6) is 0 Å². The summed E-state index contributed by atoms with van der Waals surface area (Å²) in [5.41, 5.74) is -1.48. The minimum absolute atomic E-state index is 0.0129. The van der Waals surface area contributed by atoms with E-state index < -0.39 is 77.7 Å². The van der Waals surface area contributed by atoms with E-state index in [9.17, 15) is 24.0 Å². The van der Waals surface area contributed by atoms with Gasteiger partial charge in [0, 0.05) is 39.5 Å². The van der Waals surface area contributed by atoms with Gasteiger partial charge in [0.15, 0.2) is 30.2 Å². The van der Waals surface area contributed by atoms with Gasteiger partial charge in [-0.2, -0.15) is 0 Å². The number of esters is 5. The predicted octanol–water partition coefficient (Wildman–Crippen LogP) is 6.61. The number of rotatable bonds is 8. The van der Waals surface area contributed by atoms with Crippen molar-refractivity contribution in [3.63, 3.8) is 0 Å². The number of carbonyl (C=O) groups excluding carboxylic acids is 5. The standard InChI is InChI=1S/C50H66O15/c1-25-20-50(42-47(10,64-42)43(65-50)62-40(55)30-14-12-11-13-15-30)63-31-21-45(8)34-17-16-33-44(6,7)35(18-19-48(33)24-49(34,48)22-36(58-27(3)52)46(45,9)37(25)31)61-41-39(60-29(5)54)38(59-28(4)53)32(23-56-41)57-26(2)51/h11-15,25,31-39,41-43H,16-24H2,1-10H3/t25-,31+,32-,33+,34+,35+,36-,37+,38+,39-,41+,42-,43+,45+,46-,47+,48-,49+,50-/m1/s1. The zero-order valence-electron chi connectivity index (χ0n) is 39.4. The second-order valence-electron chi connectivity index (χ2n) is 22.4. The zero-order valence-corrected chi connectivity index (χ0v) is 39.4. The molecule has 15 nitrogen and oxygen atoms in total. The molecule has 9 aliphatic rings. The van der Waals surface area contributed by atoms with Crippen LogP contribution in [-0.2, 0) is 66.5 Å². The van der Waals surface area contributed by atoms with E-state index in [4.69, 9.17) is 47.4 Å². The van der Waals surface area contributed by atoms with E-state index in [0.29, 0.717) is 24.3 Å². The molecular weight excluding hydrogens is 841 g/mol. The summed E-state index contributed by atoms with van der Waals surface area (Å²) in [5, 5.41) is 0. The van der Waals surface area contributed by atoms with Gasteiger partial charge in [-0.3, -0.25) is 19.2 Å². The first-order valence-corrected chi connectivity index (χ1v) is 23.8. The maximum Gasteiger partial charge on any atom is 0.340 e. The molecule has 5 aliphatic carbocycles. The average Bonchev–Trinajstić information content (AvgIpc) is 4.06. The summed E-state index contributed by atoms with van der Waals surface area (Å²) in [4.78, 5) is 63.2. The van der Waals surface area contributed by atoms with Crippen LogP contribution in [0.1, 0.15) is 131 Å². The monoisotopic (exact) mass is 906 g/mol. The number of hydrogen-bond acceptors (Lipinski definition) is 15. The SMILES string of the molecule is CC(=O)O[C@@H]1[C@@H](OC(C)=O)[C@H](O[C@H]2CC[C@]34C[C@]35C[C@@H](OC(C)=O)[C@]3(C)[C@H]6[C@H](C)C[C@]7(O[C@H](OC(=O)c8ccccc8)[C@@]8(C)O[C@@H]78)O[C@H]6C[C@@]3(C)[C@@H]5CC[C@H]4C2(C)C)OC[C@H]1OC(C)=O. The van der Waals surface area contributed by atoms with Gasteiger partial charge in [0.25, 0.3) is 0 Å². The van der Waals surface area contributed by atoms with Gasteiger partial charge in [0.05, 0.1) is 24.4 Å². The van der Waals surface area contributed by atoms with Gasteiger partial charge in [0.2, 0.25) is 12.1 Å². The summed E-state index contributed by atoms with van der Waals surface area (Å²) in [7, 11) is 0. The average molecular weight is 907 g/mol. The first-order chi connectivity index (χ1) is 30.5. The van der Waals surface area contributed by atoms with Gasteiger partial charge in [-0.05, 0) is 109 Å². The third-order valence-electron chi connectivity index (χ3n) is 18.8. The van der Waals surface area contributed by atoms with Crippen LogP contribution in [0.15, 0.2) is 30.3 Å². The summed E-state index contributed by atoms with van der Waals surface area (Å²) in [6.45, 7) is 18.7. The Labute approximate surface area is 380 Å². The molecule has 3 spiro atoms.